The van der Waals surface area contributed by atoms with Gasteiger partial charge < -0.3 is 14.2 Å². The third-order valence-electron chi connectivity index (χ3n) is 7.32. The first-order valence-electron chi connectivity index (χ1n) is 10.7. The van der Waals surface area contributed by atoms with E-state index in [9.17, 15) is 14.4 Å². The van der Waals surface area contributed by atoms with E-state index in [0.717, 1.165) is 19.3 Å². The minimum absolute atomic E-state index is 0.370. The summed E-state index contributed by atoms with van der Waals surface area (Å²) in [6.45, 7) is 6.66. The number of hydrogen-bond acceptors (Lipinski definition) is 6. The summed E-state index contributed by atoms with van der Waals surface area (Å²) in [4.78, 5) is 36.2. The molecule has 0 aromatic rings. The summed E-state index contributed by atoms with van der Waals surface area (Å²) in [5.74, 6) is 0.733. The van der Waals surface area contributed by atoms with Crippen molar-refractivity contribution in [1.29, 1.82) is 0 Å². The van der Waals surface area contributed by atoms with Crippen LogP contribution in [0.15, 0.2) is 0 Å². The van der Waals surface area contributed by atoms with E-state index in [4.69, 9.17) is 14.2 Å². The lowest BCUT2D eigenvalue weighted by atomic mass is 9.49. The van der Waals surface area contributed by atoms with Crippen molar-refractivity contribution in [2.24, 2.45) is 29.1 Å². The SMILES string of the molecule is CCC1C2CC3CC(C2)CC1(OC(=O)COC(=O)COC(=O)C(C)(C)CC)C3. The maximum absolute atomic E-state index is 12.4. The van der Waals surface area contributed by atoms with E-state index >= 15 is 0 Å². The van der Waals surface area contributed by atoms with Crippen molar-refractivity contribution >= 4 is 17.9 Å². The van der Waals surface area contributed by atoms with E-state index in [1.165, 1.54) is 19.3 Å². The van der Waals surface area contributed by atoms with Gasteiger partial charge in [0.1, 0.15) is 5.60 Å². The first-order valence-corrected chi connectivity index (χ1v) is 10.7. The van der Waals surface area contributed by atoms with E-state index in [1.54, 1.807) is 13.8 Å². The van der Waals surface area contributed by atoms with Crippen molar-refractivity contribution in [3.8, 4) is 0 Å². The third kappa shape index (κ3) is 4.20. The van der Waals surface area contributed by atoms with Crippen molar-refractivity contribution in [3.05, 3.63) is 0 Å². The highest BCUT2D eigenvalue weighted by Gasteiger charge is 2.58. The van der Waals surface area contributed by atoms with E-state index < -0.39 is 36.5 Å². The minimum Gasteiger partial charge on any atom is -0.456 e. The molecular formula is C22H34O6. The van der Waals surface area contributed by atoms with Crippen molar-refractivity contribution in [1.82, 2.24) is 0 Å². The van der Waals surface area contributed by atoms with Crippen LogP contribution in [-0.4, -0.2) is 36.7 Å². The summed E-state index contributed by atoms with van der Waals surface area (Å²) in [7, 11) is 0. The van der Waals surface area contributed by atoms with Gasteiger partial charge in [-0.3, -0.25) is 4.79 Å². The summed E-state index contributed by atoms with van der Waals surface area (Å²) in [5, 5.41) is 0. The van der Waals surface area contributed by atoms with Gasteiger partial charge >= 0.3 is 17.9 Å². The Bertz CT molecular complexity index is 611. The monoisotopic (exact) mass is 394 g/mol. The molecule has 4 bridgehead atoms. The molecule has 0 aromatic carbocycles. The van der Waals surface area contributed by atoms with Gasteiger partial charge in [-0.05, 0) is 76.5 Å². The molecule has 4 saturated carbocycles. The molecule has 6 heteroatoms. The average molecular weight is 395 g/mol. The van der Waals surface area contributed by atoms with Crippen LogP contribution >= 0.6 is 0 Å². The number of carbonyl (C=O) groups excluding carboxylic acids is 3. The number of rotatable bonds is 8. The molecule has 28 heavy (non-hydrogen) atoms. The van der Waals surface area contributed by atoms with Crippen LogP contribution in [0.1, 0.15) is 72.6 Å². The fourth-order valence-corrected chi connectivity index (χ4v) is 5.84. The highest BCUT2D eigenvalue weighted by Crippen LogP contribution is 2.60. The van der Waals surface area contributed by atoms with Gasteiger partial charge in [0.15, 0.2) is 13.2 Å². The molecule has 3 atom stereocenters. The Morgan fingerprint density at radius 1 is 0.929 bits per heavy atom. The Morgan fingerprint density at radius 3 is 2.11 bits per heavy atom. The van der Waals surface area contributed by atoms with Gasteiger partial charge in [0.2, 0.25) is 0 Å². The van der Waals surface area contributed by atoms with Gasteiger partial charge in [-0.25, -0.2) is 9.59 Å². The maximum atomic E-state index is 12.4. The number of carbonyl (C=O) groups is 3. The average Bonchev–Trinajstić information content (AvgIpc) is 2.63. The zero-order valence-electron chi connectivity index (χ0n) is 17.6. The molecule has 0 heterocycles. The fourth-order valence-electron chi connectivity index (χ4n) is 5.84. The molecule has 158 valence electrons. The van der Waals surface area contributed by atoms with Gasteiger partial charge in [0, 0.05) is 5.92 Å². The first kappa shape index (κ1) is 21.1. The molecule has 0 radical (unpaired) electrons. The molecular weight excluding hydrogens is 360 g/mol. The second-order valence-electron chi connectivity index (χ2n) is 9.64. The zero-order chi connectivity index (χ0) is 20.5. The topological polar surface area (TPSA) is 78.9 Å². The lowest BCUT2D eigenvalue weighted by molar-refractivity contribution is -0.212. The van der Waals surface area contributed by atoms with Crippen LogP contribution in [0.3, 0.4) is 0 Å². The molecule has 4 fully saturated rings. The summed E-state index contributed by atoms with van der Waals surface area (Å²) < 4.78 is 16.0. The quantitative estimate of drug-likeness (QED) is 0.462. The Morgan fingerprint density at radius 2 is 1.54 bits per heavy atom. The molecule has 4 aliphatic carbocycles. The second-order valence-corrected chi connectivity index (χ2v) is 9.64. The van der Waals surface area contributed by atoms with E-state index in [-0.39, 0.29) is 5.60 Å². The van der Waals surface area contributed by atoms with Gasteiger partial charge in [-0.15, -0.1) is 0 Å². The first-order chi connectivity index (χ1) is 13.2. The molecule has 3 unspecified atom stereocenters. The van der Waals surface area contributed by atoms with Crippen LogP contribution in [0, 0.1) is 29.1 Å². The molecule has 0 amide bonds. The molecule has 4 rings (SSSR count). The lowest BCUT2D eigenvalue weighted by Gasteiger charge is -2.60. The molecule has 0 saturated heterocycles. The predicted molar refractivity (Wildman–Crippen MR) is 102 cm³/mol. The van der Waals surface area contributed by atoms with Crippen LogP contribution in [0.4, 0.5) is 0 Å². The maximum Gasteiger partial charge on any atom is 0.344 e. The summed E-state index contributed by atoms with van der Waals surface area (Å²) in [6.07, 6.45) is 7.31. The van der Waals surface area contributed by atoms with Gasteiger partial charge in [0.05, 0.1) is 5.41 Å². The Labute approximate surface area is 167 Å². The fraction of sp³-hybridized carbons (Fsp3) is 0.864. The predicted octanol–water partition coefficient (Wildman–Crippen LogP) is 3.66. The Kier molecular flexibility index (Phi) is 6.06. The van der Waals surface area contributed by atoms with Gasteiger partial charge in [-0.1, -0.05) is 13.8 Å². The molecule has 0 aromatic heterocycles. The lowest BCUT2D eigenvalue weighted by Crippen LogP contribution is -2.59. The van der Waals surface area contributed by atoms with Crippen LogP contribution in [-0.2, 0) is 28.6 Å². The Balaban J connectivity index is 1.48. The summed E-state index contributed by atoms with van der Waals surface area (Å²) >= 11 is 0. The smallest absolute Gasteiger partial charge is 0.344 e. The van der Waals surface area contributed by atoms with Crippen molar-refractivity contribution < 1.29 is 28.6 Å². The molecule has 0 spiro atoms. The van der Waals surface area contributed by atoms with Crippen molar-refractivity contribution in [2.45, 2.75) is 78.2 Å². The largest absolute Gasteiger partial charge is 0.456 e. The second kappa shape index (κ2) is 8.03. The van der Waals surface area contributed by atoms with Crippen LogP contribution in [0.2, 0.25) is 0 Å². The number of esters is 3. The van der Waals surface area contributed by atoms with Crippen LogP contribution in [0.5, 0.6) is 0 Å². The number of ether oxygens (including phenoxy) is 3. The summed E-state index contributed by atoms with van der Waals surface area (Å²) in [5.41, 5.74) is -1.02. The van der Waals surface area contributed by atoms with Gasteiger partial charge in [-0.2, -0.15) is 0 Å². The molecule has 0 aliphatic heterocycles. The minimum atomic E-state index is -0.727. The highest BCUT2D eigenvalue weighted by molar-refractivity contribution is 5.81. The summed E-state index contributed by atoms with van der Waals surface area (Å²) in [6, 6.07) is 0. The number of hydrogen-bond donors (Lipinski definition) is 0. The molecule has 4 aliphatic rings. The van der Waals surface area contributed by atoms with E-state index in [0.29, 0.717) is 30.1 Å². The van der Waals surface area contributed by atoms with Crippen LogP contribution < -0.4 is 0 Å². The highest BCUT2D eigenvalue weighted by atomic mass is 16.6. The molecule has 0 N–H and O–H groups in total. The zero-order valence-corrected chi connectivity index (χ0v) is 17.6. The normalized spacial score (nSPS) is 33.4. The van der Waals surface area contributed by atoms with Gasteiger partial charge in [0.25, 0.3) is 0 Å². The Hall–Kier alpha value is -1.59. The molecule has 6 nitrogen and oxygen atoms in total. The van der Waals surface area contributed by atoms with Crippen molar-refractivity contribution in [2.75, 3.05) is 13.2 Å². The standard InChI is InChI=1S/C22H34O6/c1-5-17-16-8-14-7-15(9-16)11-22(17,10-14)28-19(24)13-26-18(23)12-27-20(25)21(3,4)6-2/h14-17H,5-13H2,1-4H3. The van der Waals surface area contributed by atoms with Crippen LogP contribution in [0.25, 0.3) is 0 Å². The van der Waals surface area contributed by atoms with E-state index in [2.05, 4.69) is 6.92 Å². The van der Waals surface area contributed by atoms with E-state index in [1.807, 2.05) is 6.92 Å². The third-order valence-corrected chi connectivity index (χ3v) is 7.32. The van der Waals surface area contributed by atoms with Crippen molar-refractivity contribution in [3.63, 3.8) is 0 Å².